The minimum Gasteiger partial charge on any atom is -0.483 e. The third kappa shape index (κ3) is 5.09. The first-order valence-electron chi connectivity index (χ1n) is 8.25. The van der Waals surface area contributed by atoms with Crippen LogP contribution in [0.5, 0.6) is 5.75 Å². The molecule has 2 N–H and O–H groups in total. The second kappa shape index (κ2) is 8.87. The van der Waals surface area contributed by atoms with Crippen molar-refractivity contribution >= 4 is 40.3 Å². The third-order valence-corrected chi connectivity index (χ3v) is 4.10. The summed E-state index contributed by atoms with van der Waals surface area (Å²) in [5.41, 5.74) is 5.31. The molecule has 5 nitrogen and oxygen atoms in total. The number of hydrogen-bond donors (Lipinski definition) is 2. The number of carbonyl (C=O) groups excluding carboxylic acids is 2. The van der Waals surface area contributed by atoms with Crippen LogP contribution in [0.15, 0.2) is 72.8 Å². The fourth-order valence-electron chi connectivity index (χ4n) is 2.45. The quantitative estimate of drug-likeness (QED) is 0.523. The van der Waals surface area contributed by atoms with Gasteiger partial charge in [0.15, 0.2) is 6.61 Å². The predicted octanol–water partition coefficient (Wildman–Crippen LogP) is 3.73. The summed E-state index contributed by atoms with van der Waals surface area (Å²) in [5, 5.41) is 2.47. The molecule has 0 unspecified atom stereocenters. The topological polar surface area (TPSA) is 67.4 Å². The molecular weight excluding hydrogens is 364 g/mol. The Balaban J connectivity index is 1.49. The van der Waals surface area contributed by atoms with E-state index in [1.807, 2.05) is 42.5 Å². The number of carbonyl (C=O) groups is 2. The average Bonchev–Trinajstić information content (AvgIpc) is 2.70. The lowest BCUT2D eigenvalue weighted by Gasteiger charge is -2.10. The Labute approximate surface area is 161 Å². The third-order valence-electron chi connectivity index (χ3n) is 3.75. The van der Waals surface area contributed by atoms with Gasteiger partial charge in [-0.3, -0.25) is 20.4 Å². The largest absolute Gasteiger partial charge is 0.483 e. The lowest BCUT2D eigenvalue weighted by atomic mass is 10.1. The number of fused-ring (bicyclic) bond motifs is 1. The second-order valence-corrected chi connectivity index (χ2v) is 6.07. The molecular formula is C21H17ClN2O3. The van der Waals surface area contributed by atoms with Crippen LogP contribution in [-0.4, -0.2) is 18.4 Å². The van der Waals surface area contributed by atoms with E-state index in [1.54, 1.807) is 30.3 Å². The Morgan fingerprint density at radius 3 is 2.52 bits per heavy atom. The molecule has 0 heterocycles. The summed E-state index contributed by atoms with van der Waals surface area (Å²) >= 11 is 6.01. The van der Waals surface area contributed by atoms with Crippen molar-refractivity contribution in [1.82, 2.24) is 10.9 Å². The Hall–Kier alpha value is -3.31. The van der Waals surface area contributed by atoms with Crippen molar-refractivity contribution < 1.29 is 14.3 Å². The minimum atomic E-state index is -0.478. The van der Waals surface area contributed by atoms with E-state index in [9.17, 15) is 9.59 Å². The van der Waals surface area contributed by atoms with Crippen LogP contribution in [0.25, 0.3) is 16.8 Å². The van der Waals surface area contributed by atoms with E-state index < -0.39 is 11.8 Å². The van der Waals surface area contributed by atoms with E-state index in [0.29, 0.717) is 16.3 Å². The van der Waals surface area contributed by atoms with Gasteiger partial charge in [-0.05, 0) is 29.2 Å². The number of hydrazine groups is 1. The number of ether oxygens (including phenoxy) is 1. The molecule has 0 aromatic heterocycles. The first kappa shape index (κ1) is 18.5. The lowest BCUT2D eigenvalue weighted by molar-refractivity contribution is -0.128. The first-order valence-corrected chi connectivity index (χ1v) is 8.63. The molecule has 3 aromatic carbocycles. The summed E-state index contributed by atoms with van der Waals surface area (Å²) in [6.07, 6.45) is 2.85. The van der Waals surface area contributed by atoms with Gasteiger partial charge in [-0.1, -0.05) is 66.2 Å². The van der Waals surface area contributed by atoms with E-state index >= 15 is 0 Å². The summed E-state index contributed by atoms with van der Waals surface area (Å²) in [6.45, 7) is -0.220. The molecule has 0 saturated carbocycles. The van der Waals surface area contributed by atoms with Gasteiger partial charge >= 0.3 is 0 Å². The summed E-state index contributed by atoms with van der Waals surface area (Å²) in [5.74, 6) is -0.343. The van der Waals surface area contributed by atoms with Gasteiger partial charge in [0.2, 0.25) is 0 Å². The van der Waals surface area contributed by atoms with Crippen molar-refractivity contribution in [2.75, 3.05) is 6.61 Å². The molecule has 0 aliphatic carbocycles. The van der Waals surface area contributed by atoms with Gasteiger partial charge < -0.3 is 4.74 Å². The molecule has 0 radical (unpaired) electrons. The maximum atomic E-state index is 11.9. The number of nitrogens with one attached hydrogen (secondary N) is 2. The van der Waals surface area contributed by atoms with Crippen LogP contribution in [0.4, 0.5) is 0 Å². The predicted molar refractivity (Wildman–Crippen MR) is 106 cm³/mol. The Morgan fingerprint density at radius 2 is 1.67 bits per heavy atom. The van der Waals surface area contributed by atoms with Crippen molar-refractivity contribution in [2.24, 2.45) is 0 Å². The van der Waals surface area contributed by atoms with Gasteiger partial charge in [-0.15, -0.1) is 0 Å². The molecule has 6 heteroatoms. The average molecular weight is 381 g/mol. The molecule has 0 saturated heterocycles. The van der Waals surface area contributed by atoms with Crippen LogP contribution in [0.3, 0.4) is 0 Å². The highest BCUT2D eigenvalue weighted by Crippen LogP contribution is 2.24. The minimum absolute atomic E-state index is 0.220. The molecule has 0 spiro atoms. The van der Waals surface area contributed by atoms with Gasteiger partial charge in [-0.2, -0.15) is 0 Å². The van der Waals surface area contributed by atoms with E-state index in [-0.39, 0.29) is 6.61 Å². The SMILES string of the molecule is O=C(/C=C/c1ccccc1Cl)NNC(=O)COc1cccc2ccccc12. The zero-order chi connectivity index (χ0) is 19.1. The van der Waals surface area contributed by atoms with Crippen LogP contribution in [0.2, 0.25) is 5.02 Å². The molecule has 0 fully saturated rings. The van der Waals surface area contributed by atoms with Gasteiger partial charge in [0.25, 0.3) is 11.8 Å². The monoisotopic (exact) mass is 380 g/mol. The molecule has 136 valence electrons. The van der Waals surface area contributed by atoms with E-state index in [0.717, 1.165) is 10.8 Å². The maximum Gasteiger partial charge on any atom is 0.276 e. The second-order valence-electron chi connectivity index (χ2n) is 5.66. The summed E-state index contributed by atoms with van der Waals surface area (Å²) < 4.78 is 5.56. The van der Waals surface area contributed by atoms with Gasteiger partial charge in [0.1, 0.15) is 5.75 Å². The Morgan fingerprint density at radius 1 is 0.926 bits per heavy atom. The van der Waals surface area contributed by atoms with Gasteiger partial charge in [-0.25, -0.2) is 0 Å². The van der Waals surface area contributed by atoms with Crippen molar-refractivity contribution in [2.45, 2.75) is 0 Å². The number of benzene rings is 3. The molecule has 3 rings (SSSR count). The van der Waals surface area contributed by atoms with Crippen LogP contribution in [0, 0.1) is 0 Å². The number of hydrogen-bond acceptors (Lipinski definition) is 3. The summed E-state index contributed by atoms with van der Waals surface area (Å²) in [7, 11) is 0. The zero-order valence-electron chi connectivity index (χ0n) is 14.3. The van der Waals surface area contributed by atoms with Crippen LogP contribution >= 0.6 is 11.6 Å². The van der Waals surface area contributed by atoms with Crippen LogP contribution in [0.1, 0.15) is 5.56 Å². The highest BCUT2D eigenvalue weighted by molar-refractivity contribution is 6.32. The molecule has 0 atom stereocenters. The highest BCUT2D eigenvalue weighted by Gasteiger charge is 2.06. The van der Waals surface area contributed by atoms with E-state index in [1.165, 1.54) is 6.08 Å². The Kier molecular flexibility index (Phi) is 6.07. The smallest absolute Gasteiger partial charge is 0.276 e. The van der Waals surface area contributed by atoms with Gasteiger partial charge in [0.05, 0.1) is 0 Å². The van der Waals surface area contributed by atoms with Crippen molar-refractivity contribution in [1.29, 1.82) is 0 Å². The number of halogens is 1. The van der Waals surface area contributed by atoms with Crippen LogP contribution < -0.4 is 15.6 Å². The van der Waals surface area contributed by atoms with E-state index in [4.69, 9.17) is 16.3 Å². The molecule has 2 amide bonds. The standard InChI is InChI=1S/C21H17ClN2O3/c22-18-10-4-2-7-16(18)12-13-20(25)23-24-21(26)14-27-19-11-5-8-15-6-1-3-9-17(15)19/h1-13H,14H2,(H,23,25)(H,24,26)/b13-12+. The first-order chi connectivity index (χ1) is 13.1. The summed E-state index contributed by atoms with van der Waals surface area (Å²) in [6, 6.07) is 20.5. The van der Waals surface area contributed by atoms with Crippen molar-refractivity contribution in [3.8, 4) is 5.75 Å². The number of rotatable bonds is 5. The normalized spacial score (nSPS) is 10.7. The van der Waals surface area contributed by atoms with Crippen molar-refractivity contribution in [3.05, 3.63) is 83.4 Å². The molecule has 3 aromatic rings. The van der Waals surface area contributed by atoms with E-state index in [2.05, 4.69) is 10.9 Å². The van der Waals surface area contributed by atoms with Crippen LogP contribution in [-0.2, 0) is 9.59 Å². The maximum absolute atomic E-state index is 11.9. The fourth-order valence-corrected chi connectivity index (χ4v) is 2.65. The summed E-state index contributed by atoms with van der Waals surface area (Å²) in [4.78, 5) is 23.7. The highest BCUT2D eigenvalue weighted by atomic mass is 35.5. The molecule has 27 heavy (non-hydrogen) atoms. The van der Waals surface area contributed by atoms with Crippen molar-refractivity contribution in [3.63, 3.8) is 0 Å². The Bertz CT molecular complexity index is 996. The lowest BCUT2D eigenvalue weighted by Crippen LogP contribution is -2.43. The fraction of sp³-hybridized carbons (Fsp3) is 0.0476. The van der Waals surface area contributed by atoms with Gasteiger partial charge in [0, 0.05) is 16.5 Å². The zero-order valence-corrected chi connectivity index (χ0v) is 15.1. The number of amides is 2. The molecule has 0 bridgehead atoms. The molecule has 0 aliphatic rings. The molecule has 0 aliphatic heterocycles.